The number of rotatable bonds is 5. The highest BCUT2D eigenvalue weighted by Gasteiger charge is 2.15. The van der Waals surface area contributed by atoms with Gasteiger partial charge in [0.15, 0.2) is 0 Å². The summed E-state index contributed by atoms with van der Waals surface area (Å²) in [7, 11) is 0. The van der Waals surface area contributed by atoms with E-state index in [1.54, 1.807) is 17.9 Å². The van der Waals surface area contributed by atoms with Gasteiger partial charge in [-0.3, -0.25) is 10.8 Å². The molecule has 1 unspecified atom stereocenters. The monoisotopic (exact) mass is 250 g/mol. The lowest BCUT2D eigenvalue weighted by Gasteiger charge is -2.14. The zero-order chi connectivity index (χ0) is 12.1. The summed E-state index contributed by atoms with van der Waals surface area (Å²) in [4.78, 5) is 8.38. The molecule has 0 saturated carbocycles. The molecular weight excluding hydrogens is 236 g/mol. The van der Waals surface area contributed by atoms with Crippen LogP contribution in [0, 0.1) is 0 Å². The maximum atomic E-state index is 5.57. The maximum absolute atomic E-state index is 5.57. The van der Waals surface area contributed by atoms with Gasteiger partial charge in [-0.05, 0) is 18.6 Å². The van der Waals surface area contributed by atoms with Crippen molar-refractivity contribution in [2.24, 2.45) is 5.84 Å². The molecule has 5 nitrogen and oxygen atoms in total. The first-order valence-electron chi connectivity index (χ1n) is 5.27. The van der Waals surface area contributed by atoms with Crippen molar-refractivity contribution in [2.45, 2.75) is 13.0 Å². The number of hydrogen-bond acceptors (Lipinski definition) is 6. The van der Waals surface area contributed by atoms with E-state index in [1.165, 1.54) is 11.3 Å². The van der Waals surface area contributed by atoms with Gasteiger partial charge in [0, 0.05) is 11.6 Å². The molecule has 0 bridgehead atoms. The second kappa shape index (κ2) is 5.72. The van der Waals surface area contributed by atoms with Gasteiger partial charge in [-0.2, -0.15) is 0 Å². The smallest absolute Gasteiger partial charge is 0.137 e. The van der Waals surface area contributed by atoms with E-state index in [0.717, 1.165) is 17.0 Å². The topological polar surface area (TPSA) is 73.1 Å². The van der Waals surface area contributed by atoms with Crippen molar-refractivity contribution in [1.82, 2.24) is 15.4 Å². The van der Waals surface area contributed by atoms with E-state index in [0.29, 0.717) is 6.61 Å². The lowest BCUT2D eigenvalue weighted by Crippen LogP contribution is -2.29. The van der Waals surface area contributed by atoms with Crippen LogP contribution in [0.2, 0.25) is 0 Å². The van der Waals surface area contributed by atoms with Crippen molar-refractivity contribution in [1.29, 1.82) is 0 Å². The predicted octanol–water partition coefficient (Wildman–Crippen LogP) is 1.49. The van der Waals surface area contributed by atoms with Crippen molar-refractivity contribution in [3.8, 4) is 5.75 Å². The van der Waals surface area contributed by atoms with E-state index < -0.39 is 0 Å². The fraction of sp³-hybridized carbons (Fsp3) is 0.273. The minimum Gasteiger partial charge on any atom is -0.492 e. The van der Waals surface area contributed by atoms with E-state index >= 15 is 0 Å². The zero-order valence-electron chi connectivity index (χ0n) is 9.46. The van der Waals surface area contributed by atoms with Crippen LogP contribution in [-0.4, -0.2) is 16.6 Å². The zero-order valence-corrected chi connectivity index (χ0v) is 10.3. The molecule has 17 heavy (non-hydrogen) atoms. The predicted molar refractivity (Wildman–Crippen MR) is 66.7 cm³/mol. The van der Waals surface area contributed by atoms with Crippen molar-refractivity contribution < 1.29 is 4.74 Å². The standard InChI is InChI=1S/C11H14N4OS/c1-2-16-9-3-8(4-13-5-9)11(15-12)10-6-17-7-14-10/h3-7,11,15H,2,12H2,1H3. The number of nitrogens with zero attached hydrogens (tertiary/aromatic N) is 2. The van der Waals surface area contributed by atoms with Crippen LogP contribution in [0.15, 0.2) is 29.4 Å². The van der Waals surface area contributed by atoms with Crippen molar-refractivity contribution in [3.63, 3.8) is 0 Å². The number of aromatic nitrogens is 2. The third-order valence-corrected chi connectivity index (χ3v) is 2.90. The summed E-state index contributed by atoms with van der Waals surface area (Å²) >= 11 is 1.53. The van der Waals surface area contributed by atoms with Crippen LogP contribution < -0.4 is 16.0 Å². The van der Waals surface area contributed by atoms with Crippen LogP contribution in [0.25, 0.3) is 0 Å². The van der Waals surface area contributed by atoms with Crippen molar-refractivity contribution >= 4 is 11.3 Å². The molecule has 0 aliphatic heterocycles. The molecule has 2 heterocycles. The Morgan fingerprint density at radius 1 is 1.53 bits per heavy atom. The molecule has 0 radical (unpaired) electrons. The number of pyridine rings is 1. The normalized spacial score (nSPS) is 12.4. The van der Waals surface area contributed by atoms with E-state index in [1.807, 2.05) is 18.4 Å². The Morgan fingerprint density at radius 2 is 2.41 bits per heavy atom. The summed E-state index contributed by atoms with van der Waals surface area (Å²) in [5.74, 6) is 6.30. The first kappa shape index (κ1) is 12.0. The van der Waals surface area contributed by atoms with Crippen LogP contribution in [0.4, 0.5) is 0 Å². The van der Waals surface area contributed by atoms with Gasteiger partial charge in [-0.1, -0.05) is 0 Å². The van der Waals surface area contributed by atoms with E-state index in [2.05, 4.69) is 15.4 Å². The molecular formula is C11H14N4OS. The summed E-state index contributed by atoms with van der Waals surface area (Å²) < 4.78 is 5.41. The summed E-state index contributed by atoms with van der Waals surface area (Å²) in [5.41, 5.74) is 6.33. The average molecular weight is 250 g/mol. The molecule has 2 aromatic heterocycles. The molecule has 1 atom stereocenters. The Balaban J connectivity index is 2.28. The first-order valence-corrected chi connectivity index (χ1v) is 6.21. The average Bonchev–Trinajstić information content (AvgIpc) is 2.85. The van der Waals surface area contributed by atoms with Crippen LogP contribution >= 0.6 is 11.3 Å². The number of hydrogen-bond donors (Lipinski definition) is 2. The van der Waals surface area contributed by atoms with E-state index in [4.69, 9.17) is 10.6 Å². The van der Waals surface area contributed by atoms with Crippen LogP contribution in [-0.2, 0) is 0 Å². The third kappa shape index (κ3) is 2.79. The molecule has 0 aliphatic rings. The fourth-order valence-electron chi connectivity index (χ4n) is 1.56. The molecule has 6 heteroatoms. The summed E-state index contributed by atoms with van der Waals surface area (Å²) in [6.07, 6.45) is 3.44. The minimum absolute atomic E-state index is 0.158. The Bertz CT molecular complexity index is 460. The largest absolute Gasteiger partial charge is 0.492 e. The van der Waals surface area contributed by atoms with Gasteiger partial charge in [0.25, 0.3) is 0 Å². The summed E-state index contributed by atoms with van der Waals surface area (Å²) in [6.45, 7) is 2.55. The molecule has 90 valence electrons. The molecule has 0 aromatic carbocycles. The number of nitrogens with two attached hydrogens (primary N) is 1. The van der Waals surface area contributed by atoms with Crippen molar-refractivity contribution in [3.05, 3.63) is 40.6 Å². The highest BCUT2D eigenvalue weighted by atomic mass is 32.1. The van der Waals surface area contributed by atoms with Crippen molar-refractivity contribution in [2.75, 3.05) is 6.61 Å². The SMILES string of the molecule is CCOc1cncc(C(NN)c2cscn2)c1. The molecule has 2 rings (SSSR count). The van der Waals surface area contributed by atoms with Gasteiger partial charge < -0.3 is 4.74 Å². The second-order valence-electron chi connectivity index (χ2n) is 3.40. The van der Waals surface area contributed by atoms with Gasteiger partial charge in [0.2, 0.25) is 0 Å². The number of hydrazine groups is 1. The maximum Gasteiger partial charge on any atom is 0.137 e. The summed E-state index contributed by atoms with van der Waals surface area (Å²) in [6, 6.07) is 1.76. The van der Waals surface area contributed by atoms with E-state index in [-0.39, 0.29) is 6.04 Å². The Hall–Kier alpha value is -1.50. The van der Waals surface area contributed by atoms with Gasteiger partial charge in [-0.15, -0.1) is 11.3 Å². The third-order valence-electron chi connectivity index (χ3n) is 2.29. The quantitative estimate of drug-likeness (QED) is 0.621. The van der Waals surface area contributed by atoms with Gasteiger partial charge in [0.05, 0.1) is 30.1 Å². The van der Waals surface area contributed by atoms with Crippen LogP contribution in [0.3, 0.4) is 0 Å². The molecule has 3 N–H and O–H groups in total. The Labute approximate surface area is 104 Å². The Morgan fingerprint density at radius 3 is 3.06 bits per heavy atom. The number of thiazole rings is 1. The summed E-state index contributed by atoms with van der Waals surface area (Å²) in [5, 5.41) is 1.96. The fourth-order valence-corrected chi connectivity index (χ4v) is 2.14. The van der Waals surface area contributed by atoms with E-state index in [9.17, 15) is 0 Å². The van der Waals surface area contributed by atoms with Gasteiger partial charge >= 0.3 is 0 Å². The second-order valence-corrected chi connectivity index (χ2v) is 4.12. The lowest BCUT2D eigenvalue weighted by atomic mass is 10.1. The van der Waals surface area contributed by atoms with Gasteiger partial charge in [-0.25, -0.2) is 10.4 Å². The number of nitrogens with one attached hydrogen (secondary N) is 1. The minimum atomic E-state index is -0.158. The lowest BCUT2D eigenvalue weighted by molar-refractivity contribution is 0.338. The molecule has 0 fully saturated rings. The molecule has 0 saturated heterocycles. The first-order chi connectivity index (χ1) is 8.35. The number of ether oxygens (including phenoxy) is 1. The molecule has 0 aliphatic carbocycles. The highest BCUT2D eigenvalue weighted by molar-refractivity contribution is 7.07. The molecule has 2 aromatic rings. The molecule has 0 amide bonds. The van der Waals surface area contributed by atoms with Gasteiger partial charge in [0.1, 0.15) is 5.75 Å². The Kier molecular flexibility index (Phi) is 4.03. The van der Waals surface area contributed by atoms with Crippen LogP contribution in [0.1, 0.15) is 24.2 Å². The molecule has 0 spiro atoms. The highest BCUT2D eigenvalue weighted by Crippen LogP contribution is 2.23. The van der Waals surface area contributed by atoms with Crippen LogP contribution in [0.5, 0.6) is 5.75 Å².